The number of carbonyl (C=O) groups excluding carboxylic acids is 2. The Bertz CT molecular complexity index is 954. The van der Waals surface area contributed by atoms with Crippen molar-refractivity contribution in [3.8, 4) is 0 Å². The number of amides is 1. The molecule has 0 saturated heterocycles. The van der Waals surface area contributed by atoms with Crippen LogP contribution < -0.4 is 5.32 Å². The molecule has 0 bridgehead atoms. The third kappa shape index (κ3) is 4.03. The summed E-state index contributed by atoms with van der Waals surface area (Å²) in [6.45, 7) is 1.38. The smallest absolute Gasteiger partial charge is 0.234 e. The molecule has 3 aromatic rings. The molecule has 0 aliphatic rings. The number of pyridine rings is 1. The van der Waals surface area contributed by atoms with E-state index in [1.807, 2.05) is 24.3 Å². The molecule has 25 heavy (non-hydrogen) atoms. The number of benzene rings is 2. The van der Waals surface area contributed by atoms with Gasteiger partial charge in [0.05, 0.1) is 17.0 Å². The lowest BCUT2D eigenvalue weighted by atomic mass is 10.1. The van der Waals surface area contributed by atoms with Gasteiger partial charge in [-0.05, 0) is 31.2 Å². The SMILES string of the molecule is CC(=O)c1ccc(SCC(=O)Nc2cccc3cccnc23)c(F)c1. The first-order valence-electron chi connectivity index (χ1n) is 7.61. The number of rotatable bonds is 5. The van der Waals surface area contributed by atoms with Crippen LogP contribution >= 0.6 is 11.8 Å². The van der Waals surface area contributed by atoms with Crippen LogP contribution in [0.2, 0.25) is 0 Å². The first kappa shape index (κ1) is 17.1. The molecular weight excluding hydrogens is 339 g/mol. The van der Waals surface area contributed by atoms with Gasteiger partial charge in [-0.3, -0.25) is 14.6 Å². The van der Waals surface area contributed by atoms with Crippen molar-refractivity contribution in [3.63, 3.8) is 0 Å². The minimum absolute atomic E-state index is 0.0551. The van der Waals surface area contributed by atoms with Gasteiger partial charge >= 0.3 is 0 Å². The van der Waals surface area contributed by atoms with E-state index in [2.05, 4.69) is 10.3 Å². The van der Waals surface area contributed by atoms with E-state index in [9.17, 15) is 14.0 Å². The lowest BCUT2D eigenvalue weighted by Gasteiger charge is -2.08. The van der Waals surface area contributed by atoms with Crippen LogP contribution in [0.3, 0.4) is 0 Å². The van der Waals surface area contributed by atoms with Crippen LogP contribution in [-0.4, -0.2) is 22.4 Å². The van der Waals surface area contributed by atoms with Crippen molar-refractivity contribution >= 4 is 40.0 Å². The molecule has 126 valence electrons. The van der Waals surface area contributed by atoms with Crippen LogP contribution in [0.15, 0.2) is 59.6 Å². The number of thioether (sulfide) groups is 1. The number of aromatic nitrogens is 1. The number of fused-ring (bicyclic) bond motifs is 1. The lowest BCUT2D eigenvalue weighted by Crippen LogP contribution is -2.14. The Labute approximate surface area is 148 Å². The van der Waals surface area contributed by atoms with Crippen LogP contribution in [0.25, 0.3) is 10.9 Å². The third-order valence-electron chi connectivity index (χ3n) is 3.60. The summed E-state index contributed by atoms with van der Waals surface area (Å²) < 4.78 is 14.0. The summed E-state index contributed by atoms with van der Waals surface area (Å²) in [6, 6.07) is 13.5. The van der Waals surface area contributed by atoms with Gasteiger partial charge in [-0.2, -0.15) is 0 Å². The zero-order chi connectivity index (χ0) is 17.8. The highest BCUT2D eigenvalue weighted by atomic mass is 32.2. The van der Waals surface area contributed by atoms with Gasteiger partial charge in [0.15, 0.2) is 5.78 Å². The highest BCUT2D eigenvalue weighted by Gasteiger charge is 2.11. The molecule has 4 nitrogen and oxygen atoms in total. The summed E-state index contributed by atoms with van der Waals surface area (Å²) in [5.74, 6) is -0.897. The molecular formula is C19H15FN2O2S. The number of ketones is 1. The Balaban J connectivity index is 1.68. The van der Waals surface area contributed by atoms with E-state index in [0.717, 1.165) is 17.1 Å². The second-order valence-electron chi connectivity index (χ2n) is 5.42. The Kier molecular flexibility index (Phi) is 5.09. The summed E-state index contributed by atoms with van der Waals surface area (Å²) in [5.41, 5.74) is 1.64. The molecule has 1 heterocycles. The van der Waals surface area contributed by atoms with Crippen LogP contribution in [0.1, 0.15) is 17.3 Å². The van der Waals surface area contributed by atoms with Crippen LogP contribution in [0, 0.1) is 5.82 Å². The van der Waals surface area contributed by atoms with Gasteiger partial charge in [-0.15, -0.1) is 11.8 Å². The Morgan fingerprint density at radius 3 is 2.72 bits per heavy atom. The highest BCUT2D eigenvalue weighted by molar-refractivity contribution is 8.00. The monoisotopic (exact) mass is 354 g/mol. The van der Waals surface area contributed by atoms with Gasteiger partial charge in [-0.1, -0.05) is 24.3 Å². The fourth-order valence-electron chi connectivity index (χ4n) is 2.37. The fourth-order valence-corrected chi connectivity index (χ4v) is 3.09. The molecule has 0 fully saturated rings. The number of para-hydroxylation sites is 1. The molecule has 0 atom stereocenters. The van der Waals surface area contributed by atoms with Crippen molar-refractivity contribution in [3.05, 3.63) is 66.1 Å². The standard InChI is InChI=1S/C19H15FN2O2S/c1-12(23)14-7-8-17(15(20)10-14)25-11-18(24)22-16-6-2-4-13-5-3-9-21-19(13)16/h2-10H,11H2,1H3,(H,22,24). The van der Waals surface area contributed by atoms with Crippen LogP contribution in [0.4, 0.5) is 10.1 Å². The molecule has 1 aromatic heterocycles. The van der Waals surface area contributed by atoms with Crippen molar-refractivity contribution in [1.29, 1.82) is 0 Å². The number of anilines is 1. The summed E-state index contributed by atoms with van der Waals surface area (Å²) in [7, 11) is 0. The Morgan fingerprint density at radius 2 is 1.96 bits per heavy atom. The number of halogens is 1. The van der Waals surface area contributed by atoms with Crippen LogP contribution in [0.5, 0.6) is 0 Å². The normalized spacial score (nSPS) is 10.6. The minimum atomic E-state index is -0.502. The van der Waals surface area contributed by atoms with E-state index in [1.54, 1.807) is 18.3 Å². The average molecular weight is 354 g/mol. The van der Waals surface area contributed by atoms with Gasteiger partial charge in [0.25, 0.3) is 0 Å². The maximum absolute atomic E-state index is 14.0. The van der Waals surface area contributed by atoms with Gasteiger partial charge in [0, 0.05) is 22.0 Å². The maximum Gasteiger partial charge on any atom is 0.234 e. The molecule has 6 heteroatoms. The second-order valence-corrected chi connectivity index (χ2v) is 6.44. The van der Waals surface area contributed by atoms with Crippen LogP contribution in [-0.2, 0) is 4.79 Å². The molecule has 2 aromatic carbocycles. The number of carbonyl (C=O) groups is 2. The quantitative estimate of drug-likeness (QED) is 0.548. The fraction of sp³-hybridized carbons (Fsp3) is 0.105. The molecule has 3 rings (SSSR count). The van der Waals surface area contributed by atoms with Crippen molar-refractivity contribution in [2.24, 2.45) is 0 Å². The number of hydrogen-bond acceptors (Lipinski definition) is 4. The zero-order valence-corrected chi connectivity index (χ0v) is 14.3. The number of nitrogens with zero attached hydrogens (tertiary/aromatic N) is 1. The number of hydrogen-bond donors (Lipinski definition) is 1. The first-order chi connectivity index (χ1) is 12.0. The average Bonchev–Trinajstić information content (AvgIpc) is 2.61. The second kappa shape index (κ2) is 7.44. The molecule has 1 N–H and O–H groups in total. The molecule has 1 amide bonds. The van der Waals surface area contributed by atoms with Gasteiger partial charge in [-0.25, -0.2) is 4.39 Å². The van der Waals surface area contributed by atoms with E-state index in [1.165, 1.54) is 19.1 Å². The maximum atomic E-state index is 14.0. The predicted molar refractivity (Wildman–Crippen MR) is 97.5 cm³/mol. The molecule has 0 aliphatic carbocycles. The molecule has 0 aliphatic heterocycles. The van der Waals surface area contributed by atoms with E-state index in [0.29, 0.717) is 21.7 Å². The van der Waals surface area contributed by atoms with Crippen molar-refractivity contribution < 1.29 is 14.0 Å². The van der Waals surface area contributed by atoms with Gasteiger partial charge in [0.1, 0.15) is 5.82 Å². The van der Waals surface area contributed by atoms with Crippen molar-refractivity contribution in [2.45, 2.75) is 11.8 Å². The largest absolute Gasteiger partial charge is 0.323 e. The Morgan fingerprint density at radius 1 is 1.16 bits per heavy atom. The topological polar surface area (TPSA) is 59.1 Å². The molecule has 0 unspecified atom stereocenters. The third-order valence-corrected chi connectivity index (χ3v) is 4.65. The summed E-state index contributed by atoms with van der Waals surface area (Å²) in [4.78, 5) is 28.0. The number of nitrogens with one attached hydrogen (secondary N) is 1. The minimum Gasteiger partial charge on any atom is -0.323 e. The van der Waals surface area contributed by atoms with E-state index in [4.69, 9.17) is 0 Å². The van der Waals surface area contributed by atoms with Gasteiger partial charge < -0.3 is 5.32 Å². The summed E-state index contributed by atoms with van der Waals surface area (Å²) in [6.07, 6.45) is 1.67. The summed E-state index contributed by atoms with van der Waals surface area (Å²) in [5, 5.41) is 3.73. The van der Waals surface area contributed by atoms with Gasteiger partial charge in [0.2, 0.25) is 5.91 Å². The predicted octanol–water partition coefficient (Wildman–Crippen LogP) is 4.31. The highest BCUT2D eigenvalue weighted by Crippen LogP contribution is 2.24. The number of Topliss-reactive ketones (excluding diaryl/α,β-unsaturated/α-hetero) is 1. The lowest BCUT2D eigenvalue weighted by molar-refractivity contribution is -0.113. The molecule has 0 spiro atoms. The Hall–Kier alpha value is -2.73. The van der Waals surface area contributed by atoms with E-state index < -0.39 is 5.82 Å². The van der Waals surface area contributed by atoms with E-state index in [-0.39, 0.29) is 17.4 Å². The summed E-state index contributed by atoms with van der Waals surface area (Å²) >= 11 is 1.08. The van der Waals surface area contributed by atoms with E-state index >= 15 is 0 Å². The first-order valence-corrected chi connectivity index (χ1v) is 8.60. The molecule has 0 saturated carbocycles. The zero-order valence-electron chi connectivity index (χ0n) is 13.5. The van der Waals surface area contributed by atoms with Crippen molar-refractivity contribution in [2.75, 3.05) is 11.1 Å². The molecule has 0 radical (unpaired) electrons. The van der Waals surface area contributed by atoms with Crippen molar-refractivity contribution in [1.82, 2.24) is 4.98 Å².